The highest BCUT2D eigenvalue weighted by atomic mass is 19.1. The second-order valence-electron chi connectivity index (χ2n) is 8.74. The Labute approximate surface area is 193 Å². The van der Waals surface area contributed by atoms with E-state index in [0.717, 1.165) is 53.9 Å². The molecule has 168 valence electrons. The van der Waals surface area contributed by atoms with Gasteiger partial charge in [-0.05, 0) is 72.5 Å². The van der Waals surface area contributed by atoms with Gasteiger partial charge >= 0.3 is 0 Å². The summed E-state index contributed by atoms with van der Waals surface area (Å²) in [4.78, 5) is 20.9. The average molecular weight is 442 g/mol. The normalized spacial score (nSPS) is 14.1. The zero-order valence-electron chi connectivity index (χ0n) is 18.9. The Bertz CT molecular complexity index is 1270. The van der Waals surface area contributed by atoms with Crippen molar-refractivity contribution in [3.63, 3.8) is 0 Å². The number of H-pyrrole nitrogens is 1. The third-order valence-corrected chi connectivity index (χ3v) is 6.53. The van der Waals surface area contributed by atoms with Gasteiger partial charge < -0.3 is 14.8 Å². The number of halogens is 1. The van der Waals surface area contributed by atoms with E-state index < -0.39 is 0 Å². The number of carbonyl (C=O) groups is 1. The van der Waals surface area contributed by atoms with Gasteiger partial charge in [0.25, 0.3) is 0 Å². The Balaban J connectivity index is 1.28. The lowest BCUT2D eigenvalue weighted by molar-refractivity contribution is -0.131. The minimum absolute atomic E-state index is 0.189. The molecule has 0 aliphatic carbocycles. The number of para-hydroxylation sites is 1. The zero-order chi connectivity index (χ0) is 22.8. The van der Waals surface area contributed by atoms with Crippen LogP contribution in [0.1, 0.15) is 17.5 Å². The van der Waals surface area contributed by atoms with Crippen LogP contribution in [0.3, 0.4) is 0 Å². The molecule has 1 fully saturated rings. The maximum Gasteiger partial charge on any atom is 0.223 e. The van der Waals surface area contributed by atoms with Crippen LogP contribution in [0.5, 0.6) is 0 Å². The Morgan fingerprint density at radius 2 is 1.70 bits per heavy atom. The van der Waals surface area contributed by atoms with Gasteiger partial charge in [-0.1, -0.05) is 30.3 Å². The van der Waals surface area contributed by atoms with E-state index in [2.05, 4.69) is 47.1 Å². The second kappa shape index (κ2) is 9.10. The molecular weight excluding hydrogens is 413 g/mol. The van der Waals surface area contributed by atoms with Gasteiger partial charge in [0, 0.05) is 54.9 Å². The fraction of sp³-hybridized carbons (Fsp3) is 0.250. The first-order chi connectivity index (χ1) is 16.1. The van der Waals surface area contributed by atoms with Crippen LogP contribution in [0.15, 0.2) is 72.8 Å². The van der Waals surface area contributed by atoms with E-state index in [4.69, 9.17) is 0 Å². The number of benzene rings is 3. The van der Waals surface area contributed by atoms with E-state index in [0.29, 0.717) is 12.8 Å². The second-order valence-corrected chi connectivity index (χ2v) is 8.74. The van der Waals surface area contributed by atoms with Crippen molar-refractivity contribution >= 4 is 22.5 Å². The highest BCUT2D eigenvalue weighted by Crippen LogP contribution is 2.31. The number of anilines is 1. The van der Waals surface area contributed by atoms with Crippen molar-refractivity contribution in [1.82, 2.24) is 9.88 Å². The molecule has 0 unspecified atom stereocenters. The summed E-state index contributed by atoms with van der Waals surface area (Å²) >= 11 is 0. The van der Waals surface area contributed by atoms with Crippen molar-refractivity contribution in [2.75, 3.05) is 31.1 Å². The molecule has 1 N–H and O–H groups in total. The molecule has 5 rings (SSSR count). The number of nitrogens with one attached hydrogen (secondary N) is 1. The molecule has 0 atom stereocenters. The number of aryl methyl sites for hydroxylation is 2. The van der Waals surface area contributed by atoms with Crippen molar-refractivity contribution in [2.24, 2.45) is 0 Å². The topological polar surface area (TPSA) is 39.3 Å². The molecule has 4 aromatic rings. The number of hydrogen-bond acceptors (Lipinski definition) is 2. The summed E-state index contributed by atoms with van der Waals surface area (Å²) in [6.07, 6.45) is 1.11. The highest BCUT2D eigenvalue weighted by molar-refractivity contribution is 5.91. The molecule has 33 heavy (non-hydrogen) atoms. The van der Waals surface area contributed by atoms with Crippen LogP contribution in [-0.2, 0) is 11.2 Å². The number of nitrogens with zero attached hydrogens (tertiary/aromatic N) is 2. The first-order valence-electron chi connectivity index (χ1n) is 11.5. The van der Waals surface area contributed by atoms with Gasteiger partial charge in [-0.2, -0.15) is 0 Å². The van der Waals surface area contributed by atoms with Gasteiger partial charge in [0.2, 0.25) is 5.91 Å². The maximum absolute atomic E-state index is 13.5. The van der Waals surface area contributed by atoms with E-state index in [9.17, 15) is 9.18 Å². The molecule has 1 aliphatic heterocycles. The molecule has 0 radical (unpaired) electrons. The molecule has 4 nitrogen and oxygen atoms in total. The Morgan fingerprint density at radius 1 is 0.939 bits per heavy atom. The van der Waals surface area contributed by atoms with Crippen molar-refractivity contribution in [1.29, 1.82) is 0 Å². The summed E-state index contributed by atoms with van der Waals surface area (Å²) < 4.78 is 13.5. The third-order valence-electron chi connectivity index (χ3n) is 6.53. The van der Waals surface area contributed by atoms with Crippen LogP contribution in [0.2, 0.25) is 0 Å². The van der Waals surface area contributed by atoms with Crippen molar-refractivity contribution in [2.45, 2.75) is 19.8 Å². The van der Waals surface area contributed by atoms with Crippen LogP contribution >= 0.6 is 0 Å². The summed E-state index contributed by atoms with van der Waals surface area (Å²) in [6, 6.07) is 23.2. The number of rotatable bonds is 5. The Kier molecular flexibility index (Phi) is 5.86. The molecule has 1 saturated heterocycles. The monoisotopic (exact) mass is 441 g/mol. The molecule has 2 heterocycles. The maximum atomic E-state index is 13.5. The van der Waals surface area contributed by atoms with E-state index in [-0.39, 0.29) is 11.7 Å². The lowest BCUT2D eigenvalue weighted by Gasteiger charge is -2.36. The molecule has 5 heteroatoms. The van der Waals surface area contributed by atoms with E-state index in [1.165, 1.54) is 23.4 Å². The van der Waals surface area contributed by atoms with E-state index in [1.807, 2.05) is 23.1 Å². The van der Waals surface area contributed by atoms with Crippen LogP contribution < -0.4 is 4.90 Å². The average Bonchev–Trinajstić information content (AvgIpc) is 3.21. The molecule has 0 spiro atoms. The van der Waals surface area contributed by atoms with Crippen molar-refractivity contribution in [3.05, 3.63) is 89.7 Å². The number of hydrogen-bond donors (Lipinski definition) is 1. The van der Waals surface area contributed by atoms with E-state index in [1.54, 1.807) is 12.1 Å². The molecule has 0 saturated carbocycles. The third kappa shape index (κ3) is 4.49. The molecule has 3 aromatic carbocycles. The SMILES string of the molecule is Cc1cccc(N2CCN(C(=O)CCc3c(-c4ccc(F)cc4)[nH]c4ccccc34)CC2)c1. The molecular formula is C28H28FN3O. The van der Waals surface area contributed by atoms with Crippen LogP contribution in [-0.4, -0.2) is 42.0 Å². The lowest BCUT2D eigenvalue weighted by atomic mass is 10.0. The summed E-state index contributed by atoms with van der Waals surface area (Å²) in [6.45, 7) is 5.29. The Hall–Kier alpha value is -3.60. The predicted molar refractivity (Wildman–Crippen MR) is 132 cm³/mol. The van der Waals surface area contributed by atoms with Crippen LogP contribution in [0, 0.1) is 12.7 Å². The zero-order valence-corrected chi connectivity index (χ0v) is 18.9. The van der Waals surface area contributed by atoms with Gasteiger partial charge in [-0.15, -0.1) is 0 Å². The van der Waals surface area contributed by atoms with Crippen molar-refractivity contribution in [3.8, 4) is 11.3 Å². The van der Waals surface area contributed by atoms with Gasteiger partial charge in [0.05, 0.1) is 0 Å². The minimum Gasteiger partial charge on any atom is -0.368 e. The number of aromatic nitrogens is 1. The van der Waals surface area contributed by atoms with Gasteiger partial charge in [-0.25, -0.2) is 4.39 Å². The van der Waals surface area contributed by atoms with Gasteiger partial charge in [0.1, 0.15) is 5.82 Å². The van der Waals surface area contributed by atoms with E-state index >= 15 is 0 Å². The standard InChI is InChI=1S/C28H28FN3O/c1-20-5-4-6-23(19-20)31-15-17-32(18-16-31)27(33)14-13-25-24-7-2-3-8-26(24)30-28(25)21-9-11-22(29)12-10-21/h2-12,19,30H,13-18H2,1H3. The number of fused-ring (bicyclic) bond motifs is 1. The number of carbonyl (C=O) groups excluding carboxylic acids is 1. The number of aromatic amines is 1. The minimum atomic E-state index is -0.253. The quantitative estimate of drug-likeness (QED) is 0.440. The molecule has 1 aliphatic rings. The first-order valence-corrected chi connectivity index (χ1v) is 11.5. The van der Waals surface area contributed by atoms with Gasteiger partial charge in [0.15, 0.2) is 0 Å². The van der Waals surface area contributed by atoms with Gasteiger partial charge in [-0.3, -0.25) is 4.79 Å². The molecule has 1 amide bonds. The summed E-state index contributed by atoms with van der Waals surface area (Å²) in [5.41, 5.74) is 6.52. The lowest BCUT2D eigenvalue weighted by Crippen LogP contribution is -2.48. The number of amides is 1. The highest BCUT2D eigenvalue weighted by Gasteiger charge is 2.22. The van der Waals surface area contributed by atoms with Crippen molar-refractivity contribution < 1.29 is 9.18 Å². The summed E-state index contributed by atoms with van der Waals surface area (Å²) in [5, 5.41) is 1.12. The van der Waals surface area contributed by atoms with Crippen LogP contribution in [0.4, 0.5) is 10.1 Å². The smallest absolute Gasteiger partial charge is 0.223 e. The first kappa shape index (κ1) is 21.3. The molecule has 0 bridgehead atoms. The van der Waals surface area contributed by atoms with Crippen LogP contribution in [0.25, 0.3) is 22.2 Å². The summed E-state index contributed by atoms with van der Waals surface area (Å²) in [7, 11) is 0. The predicted octanol–water partition coefficient (Wildman–Crippen LogP) is 5.56. The Morgan fingerprint density at radius 3 is 2.45 bits per heavy atom. The molecule has 1 aromatic heterocycles. The summed E-state index contributed by atoms with van der Waals surface area (Å²) in [5.74, 6) is -0.0642. The fourth-order valence-electron chi connectivity index (χ4n) is 4.75. The fourth-order valence-corrected chi connectivity index (χ4v) is 4.75. The number of piperazine rings is 1. The largest absolute Gasteiger partial charge is 0.368 e.